The quantitative estimate of drug-likeness (QED) is 0.621. The lowest BCUT2D eigenvalue weighted by molar-refractivity contribution is 0.416. The molecule has 2 aromatic rings. The van der Waals surface area contributed by atoms with Crippen LogP contribution in [0.4, 0.5) is 0 Å². The molecule has 0 amide bonds. The van der Waals surface area contributed by atoms with Crippen molar-refractivity contribution in [2.24, 2.45) is 0 Å². The summed E-state index contributed by atoms with van der Waals surface area (Å²) in [6.07, 6.45) is 0. The number of rotatable bonds is 1. The Hall–Kier alpha value is 0.0600. The minimum Gasteiger partial charge on any atom is -0.494 e. The van der Waals surface area contributed by atoms with Crippen molar-refractivity contribution in [1.82, 2.24) is 0 Å². The second-order valence-electron chi connectivity index (χ2n) is 2.58. The smallest absolute Gasteiger partial charge is 0.151 e. The van der Waals surface area contributed by atoms with E-state index in [2.05, 4.69) is 52.7 Å². The summed E-state index contributed by atoms with van der Waals surface area (Å²) in [5, 5.41) is 3.27. The van der Waals surface area contributed by atoms with Crippen LogP contribution in [-0.4, -0.2) is 7.11 Å². The average Bonchev–Trinajstić information content (AvgIpc) is 2.54. The number of methoxy groups -OCH3 is 1. The Kier molecular flexibility index (Phi) is 2.71. The molecule has 0 bridgehead atoms. The van der Waals surface area contributed by atoms with Crippen molar-refractivity contribution in [1.29, 1.82) is 0 Å². The molecule has 0 N–H and O–H groups in total. The summed E-state index contributed by atoms with van der Waals surface area (Å²) in [7, 11) is 1.70. The van der Waals surface area contributed by atoms with Crippen LogP contribution in [0.2, 0.25) is 0 Å². The standard InChI is InChI=1S/C9H7IOS2/c1-11-8-7(10)6(12)4-5-2-3-13-9(5)8/h2-4,12H,1H3. The number of hydrogen-bond donors (Lipinski definition) is 1. The highest BCUT2D eigenvalue weighted by Gasteiger charge is 2.10. The number of thiophene rings is 1. The molecule has 68 valence electrons. The number of fused-ring (bicyclic) bond motifs is 1. The van der Waals surface area contributed by atoms with Gasteiger partial charge in [0.25, 0.3) is 0 Å². The van der Waals surface area contributed by atoms with E-state index in [0.29, 0.717) is 0 Å². The lowest BCUT2D eigenvalue weighted by atomic mass is 10.2. The van der Waals surface area contributed by atoms with E-state index in [1.807, 2.05) is 0 Å². The Morgan fingerprint density at radius 3 is 3.00 bits per heavy atom. The molecule has 0 aliphatic carbocycles. The van der Waals surface area contributed by atoms with E-state index in [1.165, 1.54) is 10.1 Å². The molecule has 0 spiro atoms. The van der Waals surface area contributed by atoms with Crippen LogP contribution in [0, 0.1) is 3.57 Å². The molecule has 13 heavy (non-hydrogen) atoms. The summed E-state index contributed by atoms with van der Waals surface area (Å²) < 4.78 is 7.63. The Balaban J connectivity index is 2.87. The summed E-state index contributed by atoms with van der Waals surface area (Å²) in [5.41, 5.74) is 0. The highest BCUT2D eigenvalue weighted by Crippen LogP contribution is 2.38. The van der Waals surface area contributed by atoms with Crippen molar-refractivity contribution >= 4 is 56.6 Å². The van der Waals surface area contributed by atoms with Crippen molar-refractivity contribution in [2.75, 3.05) is 7.11 Å². The number of ether oxygens (including phenoxy) is 1. The minimum atomic E-state index is 0.943. The van der Waals surface area contributed by atoms with Gasteiger partial charge in [-0.25, -0.2) is 0 Å². The van der Waals surface area contributed by atoms with Crippen LogP contribution in [0.15, 0.2) is 22.4 Å². The van der Waals surface area contributed by atoms with Gasteiger partial charge in [0, 0.05) is 4.90 Å². The molecule has 0 radical (unpaired) electrons. The third-order valence-electron chi connectivity index (χ3n) is 1.82. The predicted molar refractivity (Wildman–Crippen MR) is 68.3 cm³/mol. The molecule has 0 saturated heterocycles. The summed E-state index contributed by atoms with van der Waals surface area (Å²) in [6.45, 7) is 0. The zero-order valence-electron chi connectivity index (χ0n) is 6.87. The molecular weight excluding hydrogens is 315 g/mol. The second-order valence-corrected chi connectivity index (χ2v) is 5.06. The third-order valence-corrected chi connectivity index (χ3v) is 4.60. The van der Waals surface area contributed by atoms with E-state index in [9.17, 15) is 0 Å². The zero-order chi connectivity index (χ0) is 9.42. The molecule has 0 aliphatic heterocycles. The molecule has 1 aromatic carbocycles. The van der Waals surface area contributed by atoms with Gasteiger partial charge in [-0.1, -0.05) is 0 Å². The monoisotopic (exact) mass is 322 g/mol. The van der Waals surface area contributed by atoms with Crippen LogP contribution >= 0.6 is 46.6 Å². The lowest BCUT2D eigenvalue weighted by Crippen LogP contribution is -1.87. The van der Waals surface area contributed by atoms with Gasteiger partial charge in [0.2, 0.25) is 0 Å². The predicted octanol–water partition coefficient (Wildman–Crippen LogP) is 3.80. The Bertz CT molecular complexity index is 450. The minimum absolute atomic E-state index is 0.943. The van der Waals surface area contributed by atoms with Crippen molar-refractivity contribution < 1.29 is 4.74 Å². The van der Waals surface area contributed by atoms with Gasteiger partial charge < -0.3 is 4.74 Å². The average molecular weight is 322 g/mol. The van der Waals surface area contributed by atoms with E-state index in [4.69, 9.17) is 4.74 Å². The molecule has 4 heteroatoms. The second kappa shape index (κ2) is 3.67. The first-order chi connectivity index (χ1) is 6.24. The first kappa shape index (κ1) is 9.61. The largest absolute Gasteiger partial charge is 0.494 e. The van der Waals surface area contributed by atoms with Crippen LogP contribution in [0.5, 0.6) is 5.75 Å². The van der Waals surface area contributed by atoms with Crippen molar-refractivity contribution in [3.8, 4) is 5.75 Å². The van der Waals surface area contributed by atoms with Crippen LogP contribution in [-0.2, 0) is 0 Å². The molecule has 0 fully saturated rings. The molecule has 0 atom stereocenters. The van der Waals surface area contributed by atoms with Crippen LogP contribution in [0.3, 0.4) is 0 Å². The van der Waals surface area contributed by atoms with Crippen molar-refractivity contribution in [3.63, 3.8) is 0 Å². The lowest BCUT2D eigenvalue weighted by Gasteiger charge is -2.06. The van der Waals surface area contributed by atoms with Gasteiger partial charge in [-0.3, -0.25) is 0 Å². The normalized spacial score (nSPS) is 10.7. The number of thiol groups is 1. The summed E-state index contributed by atoms with van der Waals surface area (Å²) in [5.74, 6) is 0.943. The fourth-order valence-electron chi connectivity index (χ4n) is 1.23. The highest BCUT2D eigenvalue weighted by atomic mass is 127. The van der Waals surface area contributed by atoms with Crippen LogP contribution in [0.1, 0.15) is 0 Å². The first-order valence-electron chi connectivity index (χ1n) is 3.66. The van der Waals surface area contributed by atoms with E-state index in [0.717, 1.165) is 14.2 Å². The molecule has 0 unspecified atom stereocenters. The summed E-state index contributed by atoms with van der Waals surface area (Å²) in [4.78, 5) is 0.975. The van der Waals surface area contributed by atoms with Crippen LogP contribution < -0.4 is 4.74 Å². The van der Waals surface area contributed by atoms with E-state index < -0.39 is 0 Å². The van der Waals surface area contributed by atoms with Gasteiger partial charge in [-0.05, 0) is 45.5 Å². The van der Waals surface area contributed by atoms with Gasteiger partial charge in [0.05, 0.1) is 15.4 Å². The maximum absolute atomic E-state index is 5.35. The number of halogens is 1. The molecule has 1 aromatic heterocycles. The SMILES string of the molecule is COc1c(I)c(S)cc2ccsc12. The van der Waals surface area contributed by atoms with E-state index in [1.54, 1.807) is 18.4 Å². The van der Waals surface area contributed by atoms with Gasteiger partial charge >= 0.3 is 0 Å². The maximum Gasteiger partial charge on any atom is 0.151 e. The van der Waals surface area contributed by atoms with Gasteiger partial charge in [-0.15, -0.1) is 24.0 Å². The number of hydrogen-bond acceptors (Lipinski definition) is 3. The summed E-state index contributed by atoms with van der Waals surface area (Å²) >= 11 is 8.34. The Labute approximate surface area is 99.6 Å². The van der Waals surface area contributed by atoms with Crippen LogP contribution in [0.25, 0.3) is 10.1 Å². The molecule has 1 nitrogen and oxygen atoms in total. The zero-order valence-corrected chi connectivity index (χ0v) is 10.7. The Morgan fingerprint density at radius 1 is 1.54 bits per heavy atom. The molecule has 2 rings (SSSR count). The van der Waals surface area contributed by atoms with Gasteiger partial charge in [0.15, 0.2) is 5.75 Å². The molecular formula is C9H7IOS2. The molecule has 1 heterocycles. The fraction of sp³-hybridized carbons (Fsp3) is 0.111. The van der Waals surface area contributed by atoms with Crippen molar-refractivity contribution in [2.45, 2.75) is 4.90 Å². The van der Waals surface area contributed by atoms with E-state index in [-0.39, 0.29) is 0 Å². The maximum atomic E-state index is 5.35. The molecule has 0 aliphatic rings. The highest BCUT2D eigenvalue weighted by molar-refractivity contribution is 14.1. The third kappa shape index (κ3) is 1.55. The van der Waals surface area contributed by atoms with E-state index >= 15 is 0 Å². The Morgan fingerprint density at radius 2 is 2.31 bits per heavy atom. The topological polar surface area (TPSA) is 9.23 Å². The van der Waals surface area contributed by atoms with Gasteiger partial charge in [-0.2, -0.15) is 0 Å². The van der Waals surface area contributed by atoms with Crippen molar-refractivity contribution in [3.05, 3.63) is 21.1 Å². The number of benzene rings is 1. The molecule has 0 saturated carbocycles. The summed E-state index contributed by atoms with van der Waals surface area (Å²) in [6, 6.07) is 4.15. The first-order valence-corrected chi connectivity index (χ1v) is 6.07. The fourth-order valence-corrected chi connectivity index (χ4v) is 3.20. The van der Waals surface area contributed by atoms with Gasteiger partial charge in [0.1, 0.15) is 0 Å².